The van der Waals surface area contributed by atoms with E-state index in [0.717, 1.165) is 4.90 Å². The van der Waals surface area contributed by atoms with Crippen LogP contribution in [0, 0.1) is 0 Å². The molecule has 3 nitrogen and oxygen atoms in total. The summed E-state index contributed by atoms with van der Waals surface area (Å²) in [6, 6.07) is 5.89. The van der Waals surface area contributed by atoms with Crippen LogP contribution in [0.4, 0.5) is 0 Å². The van der Waals surface area contributed by atoms with E-state index in [-0.39, 0.29) is 4.90 Å². The van der Waals surface area contributed by atoms with Gasteiger partial charge in [-0.05, 0) is 49.3 Å². The molecule has 66 valence electrons. The standard InChI is InChI=1S/C6H5BrO3S2/c7-11-5-1-3-6(4-2-5)12(8,9)10/h1-4H,(H,8,9,10). The molecular weight excluding hydrogens is 264 g/mol. The fourth-order valence-electron chi connectivity index (χ4n) is 0.663. The monoisotopic (exact) mass is 268 g/mol. The summed E-state index contributed by atoms with van der Waals surface area (Å²) in [7, 11) is -2.73. The van der Waals surface area contributed by atoms with Crippen molar-refractivity contribution in [3.05, 3.63) is 24.3 Å². The third kappa shape index (κ3) is 2.48. The lowest BCUT2D eigenvalue weighted by Gasteiger charge is -1.96. The Morgan fingerprint density at radius 2 is 1.75 bits per heavy atom. The zero-order valence-corrected chi connectivity index (χ0v) is 8.99. The Morgan fingerprint density at radius 3 is 2.08 bits per heavy atom. The third-order valence-electron chi connectivity index (χ3n) is 1.21. The van der Waals surface area contributed by atoms with Gasteiger partial charge in [0.25, 0.3) is 10.1 Å². The minimum absolute atomic E-state index is 0.0900. The fourth-order valence-corrected chi connectivity index (χ4v) is 2.03. The van der Waals surface area contributed by atoms with Crippen LogP contribution in [0.5, 0.6) is 0 Å². The molecule has 0 fully saturated rings. The normalized spacial score (nSPS) is 11.5. The molecular formula is C6H5BrO3S2. The highest BCUT2D eigenvalue weighted by atomic mass is 79.9. The van der Waals surface area contributed by atoms with Crippen LogP contribution in [0.25, 0.3) is 0 Å². The van der Waals surface area contributed by atoms with Gasteiger partial charge in [0.2, 0.25) is 0 Å². The summed E-state index contributed by atoms with van der Waals surface area (Å²) in [4.78, 5) is 0.787. The Labute approximate surface area is 82.1 Å². The maximum Gasteiger partial charge on any atom is 0.294 e. The van der Waals surface area contributed by atoms with Gasteiger partial charge >= 0.3 is 0 Å². The van der Waals surface area contributed by atoms with E-state index < -0.39 is 10.1 Å². The first-order chi connectivity index (χ1) is 5.54. The molecule has 1 aromatic carbocycles. The van der Waals surface area contributed by atoms with E-state index >= 15 is 0 Å². The molecule has 1 rings (SSSR count). The largest absolute Gasteiger partial charge is 0.294 e. The van der Waals surface area contributed by atoms with Crippen molar-refractivity contribution in [2.75, 3.05) is 0 Å². The molecule has 6 heteroatoms. The fraction of sp³-hybridized carbons (Fsp3) is 0. The molecule has 0 bridgehead atoms. The number of hydrogen-bond donors (Lipinski definition) is 1. The van der Waals surface area contributed by atoms with E-state index in [2.05, 4.69) is 14.8 Å². The number of halogens is 1. The molecule has 0 spiro atoms. The summed E-state index contributed by atoms with van der Waals surface area (Å²) in [6.07, 6.45) is 0. The molecule has 0 aromatic heterocycles. The lowest BCUT2D eigenvalue weighted by atomic mass is 10.4. The second kappa shape index (κ2) is 3.78. The van der Waals surface area contributed by atoms with Crippen molar-refractivity contribution in [2.24, 2.45) is 0 Å². The van der Waals surface area contributed by atoms with Crippen molar-refractivity contribution in [1.82, 2.24) is 0 Å². The van der Waals surface area contributed by atoms with Crippen LogP contribution in [0.1, 0.15) is 0 Å². The van der Waals surface area contributed by atoms with E-state index in [4.69, 9.17) is 4.55 Å². The second-order valence-electron chi connectivity index (χ2n) is 2.02. The maximum absolute atomic E-state index is 10.6. The van der Waals surface area contributed by atoms with Crippen LogP contribution in [-0.2, 0) is 10.1 Å². The van der Waals surface area contributed by atoms with E-state index in [1.807, 2.05) is 0 Å². The highest BCUT2D eigenvalue weighted by Crippen LogP contribution is 2.24. The van der Waals surface area contributed by atoms with Crippen molar-refractivity contribution in [1.29, 1.82) is 0 Å². The molecule has 0 amide bonds. The van der Waals surface area contributed by atoms with Gasteiger partial charge in [0.15, 0.2) is 0 Å². The molecule has 0 unspecified atom stereocenters. The van der Waals surface area contributed by atoms with E-state index in [9.17, 15) is 8.42 Å². The summed E-state index contributed by atoms with van der Waals surface area (Å²) >= 11 is 3.14. The molecule has 1 aromatic rings. The molecule has 0 heterocycles. The molecule has 1 N–H and O–H groups in total. The Hall–Kier alpha value is -0.0400. The summed E-state index contributed by atoms with van der Waals surface area (Å²) in [5, 5.41) is 0. The average molecular weight is 269 g/mol. The molecule has 0 saturated heterocycles. The number of benzene rings is 1. The summed E-state index contributed by atoms with van der Waals surface area (Å²) in [6.45, 7) is 0. The van der Waals surface area contributed by atoms with Crippen molar-refractivity contribution in [3.63, 3.8) is 0 Å². The van der Waals surface area contributed by atoms with Crippen LogP contribution >= 0.6 is 25.0 Å². The smallest absolute Gasteiger partial charge is 0.282 e. The average Bonchev–Trinajstić information content (AvgIpc) is 2.03. The summed E-state index contributed by atoms with van der Waals surface area (Å²) < 4.78 is 29.7. The topological polar surface area (TPSA) is 54.4 Å². The Morgan fingerprint density at radius 1 is 1.25 bits per heavy atom. The lowest BCUT2D eigenvalue weighted by molar-refractivity contribution is 0.483. The van der Waals surface area contributed by atoms with E-state index in [1.165, 1.54) is 22.3 Å². The molecule has 0 atom stereocenters. The van der Waals surface area contributed by atoms with E-state index in [0.29, 0.717) is 0 Å². The molecule has 12 heavy (non-hydrogen) atoms. The zero-order chi connectivity index (χ0) is 9.19. The predicted molar refractivity (Wildman–Crippen MR) is 51.0 cm³/mol. The molecule has 0 aliphatic carbocycles. The number of hydrogen-bond acceptors (Lipinski definition) is 3. The van der Waals surface area contributed by atoms with Gasteiger partial charge in [-0.25, -0.2) is 0 Å². The van der Waals surface area contributed by atoms with Gasteiger partial charge in [-0.15, -0.1) is 0 Å². The molecule has 0 radical (unpaired) electrons. The van der Waals surface area contributed by atoms with Gasteiger partial charge in [0.05, 0.1) is 4.90 Å². The summed E-state index contributed by atoms with van der Waals surface area (Å²) in [5.74, 6) is 0. The Balaban J connectivity index is 3.09. The number of rotatable bonds is 2. The molecule has 0 aliphatic rings. The van der Waals surface area contributed by atoms with Crippen molar-refractivity contribution >= 4 is 35.1 Å². The van der Waals surface area contributed by atoms with Gasteiger partial charge in [0, 0.05) is 4.90 Å². The van der Waals surface area contributed by atoms with Crippen LogP contribution in [0.3, 0.4) is 0 Å². The first-order valence-corrected chi connectivity index (χ1v) is 7.00. The van der Waals surface area contributed by atoms with Crippen LogP contribution < -0.4 is 0 Å². The van der Waals surface area contributed by atoms with Crippen molar-refractivity contribution < 1.29 is 13.0 Å². The SMILES string of the molecule is O=S(=O)(O)c1ccc(SBr)cc1. The van der Waals surface area contributed by atoms with Gasteiger partial charge < -0.3 is 0 Å². The van der Waals surface area contributed by atoms with Crippen LogP contribution in [0.2, 0.25) is 0 Å². The molecule has 0 saturated carbocycles. The third-order valence-corrected chi connectivity index (χ3v) is 3.65. The van der Waals surface area contributed by atoms with Crippen LogP contribution in [0.15, 0.2) is 34.1 Å². The lowest BCUT2D eigenvalue weighted by Crippen LogP contribution is -1.96. The minimum atomic E-state index is -4.05. The Kier molecular flexibility index (Phi) is 3.16. The highest BCUT2D eigenvalue weighted by molar-refractivity contribution is 9.50. The first-order valence-electron chi connectivity index (χ1n) is 2.90. The van der Waals surface area contributed by atoms with Gasteiger partial charge in [0.1, 0.15) is 0 Å². The highest BCUT2D eigenvalue weighted by Gasteiger charge is 2.07. The van der Waals surface area contributed by atoms with Gasteiger partial charge in [-0.1, -0.05) is 0 Å². The van der Waals surface area contributed by atoms with Crippen molar-refractivity contribution in [3.8, 4) is 0 Å². The quantitative estimate of drug-likeness (QED) is 0.837. The molecule has 0 aliphatic heterocycles. The van der Waals surface area contributed by atoms with Gasteiger partial charge in [-0.3, -0.25) is 4.55 Å². The second-order valence-corrected chi connectivity index (χ2v) is 5.04. The summed E-state index contributed by atoms with van der Waals surface area (Å²) in [5.41, 5.74) is 0. The van der Waals surface area contributed by atoms with E-state index in [1.54, 1.807) is 12.1 Å². The first kappa shape index (κ1) is 10.0. The van der Waals surface area contributed by atoms with Gasteiger partial charge in [-0.2, -0.15) is 8.42 Å². The predicted octanol–water partition coefficient (Wildman–Crippen LogP) is 2.34. The van der Waals surface area contributed by atoms with Crippen molar-refractivity contribution in [2.45, 2.75) is 9.79 Å². The van der Waals surface area contributed by atoms with Crippen LogP contribution in [-0.4, -0.2) is 13.0 Å². The zero-order valence-electron chi connectivity index (χ0n) is 5.77. The Bertz CT molecular complexity index is 357. The maximum atomic E-state index is 10.6. The minimum Gasteiger partial charge on any atom is -0.282 e.